The maximum Gasteiger partial charge on any atom is 0.266 e. The number of anilines is 2. The Morgan fingerprint density at radius 1 is 1.33 bits per heavy atom. The lowest BCUT2D eigenvalue weighted by atomic mass is 10.3. The molecule has 3 N–H and O–H groups in total. The van der Waals surface area contributed by atoms with Crippen molar-refractivity contribution < 1.29 is 4.52 Å². The van der Waals surface area contributed by atoms with Crippen molar-refractivity contribution in [1.82, 2.24) is 25.2 Å². The van der Waals surface area contributed by atoms with E-state index >= 15 is 0 Å². The van der Waals surface area contributed by atoms with Crippen LogP contribution in [0.4, 0.5) is 11.8 Å². The third kappa shape index (κ3) is 1.90. The summed E-state index contributed by atoms with van der Waals surface area (Å²) in [4.78, 5) is 8.72. The van der Waals surface area contributed by atoms with Gasteiger partial charge in [0.25, 0.3) is 11.8 Å². The number of nitrogen functional groups attached to an aromatic ring is 1. The van der Waals surface area contributed by atoms with Crippen LogP contribution in [0.2, 0.25) is 0 Å². The Kier molecular flexibility index (Phi) is 2.63. The fourth-order valence-electron chi connectivity index (χ4n) is 1.93. The summed E-state index contributed by atoms with van der Waals surface area (Å²) in [5.41, 5.74) is 6.35. The van der Waals surface area contributed by atoms with Crippen molar-refractivity contribution in [3.8, 4) is 11.5 Å². The molecule has 0 unspecified atom stereocenters. The van der Waals surface area contributed by atoms with Crippen molar-refractivity contribution in [2.45, 2.75) is 0 Å². The number of aromatic nitrogens is 4. The molecule has 3 heterocycles. The van der Waals surface area contributed by atoms with Crippen molar-refractivity contribution in [1.29, 1.82) is 0 Å². The topological polar surface area (TPSA) is 100 Å². The van der Waals surface area contributed by atoms with Crippen LogP contribution in [-0.4, -0.2) is 58.5 Å². The number of aromatic amines is 1. The number of likely N-dealkylation sites (N-methyl/N-ethyl adjacent to an activating group) is 1. The molecule has 3 rings (SSSR count). The highest BCUT2D eigenvalue weighted by Crippen LogP contribution is 2.23. The first-order chi connectivity index (χ1) is 8.74. The Morgan fingerprint density at radius 2 is 2.11 bits per heavy atom. The zero-order chi connectivity index (χ0) is 12.5. The lowest BCUT2D eigenvalue weighted by Gasteiger charge is -2.31. The summed E-state index contributed by atoms with van der Waals surface area (Å²) < 4.78 is 5.21. The van der Waals surface area contributed by atoms with Crippen LogP contribution in [0, 0.1) is 0 Å². The summed E-state index contributed by atoms with van der Waals surface area (Å²) in [6, 6.07) is 0. The maximum absolute atomic E-state index is 5.71. The van der Waals surface area contributed by atoms with Gasteiger partial charge >= 0.3 is 0 Å². The van der Waals surface area contributed by atoms with Crippen molar-refractivity contribution in [2.75, 3.05) is 43.9 Å². The summed E-state index contributed by atoms with van der Waals surface area (Å²) in [5.74, 6) is 1.44. The Labute approximate surface area is 104 Å². The van der Waals surface area contributed by atoms with Crippen molar-refractivity contribution >= 4 is 11.8 Å². The minimum atomic E-state index is 0.398. The van der Waals surface area contributed by atoms with E-state index in [-0.39, 0.29) is 0 Å². The van der Waals surface area contributed by atoms with Gasteiger partial charge in [-0.15, -0.1) is 0 Å². The second-order valence-corrected chi connectivity index (χ2v) is 4.39. The van der Waals surface area contributed by atoms with Gasteiger partial charge in [0, 0.05) is 26.2 Å². The summed E-state index contributed by atoms with van der Waals surface area (Å²) in [6.45, 7) is 3.79. The lowest BCUT2D eigenvalue weighted by Crippen LogP contribution is -2.44. The quantitative estimate of drug-likeness (QED) is 0.759. The SMILES string of the molecule is CN1CCN(c2noc(-c3cn[nH]c3N)n2)CC1. The second-order valence-electron chi connectivity index (χ2n) is 4.39. The minimum absolute atomic E-state index is 0.398. The van der Waals surface area contributed by atoms with Gasteiger partial charge in [0.15, 0.2) is 0 Å². The normalized spacial score (nSPS) is 17.3. The first-order valence-corrected chi connectivity index (χ1v) is 5.80. The van der Waals surface area contributed by atoms with Gasteiger partial charge in [-0.05, 0) is 12.2 Å². The molecule has 0 aromatic carbocycles. The summed E-state index contributed by atoms with van der Waals surface area (Å²) in [5, 5.41) is 10.5. The average molecular weight is 249 g/mol. The number of H-pyrrole nitrogens is 1. The monoisotopic (exact) mass is 249 g/mol. The molecule has 0 spiro atoms. The zero-order valence-corrected chi connectivity index (χ0v) is 10.1. The van der Waals surface area contributed by atoms with E-state index in [4.69, 9.17) is 10.3 Å². The Morgan fingerprint density at radius 3 is 2.78 bits per heavy atom. The molecule has 1 fully saturated rings. The number of nitrogens with two attached hydrogens (primary N) is 1. The van der Waals surface area contributed by atoms with E-state index < -0.39 is 0 Å². The van der Waals surface area contributed by atoms with Gasteiger partial charge in [-0.25, -0.2) is 0 Å². The lowest BCUT2D eigenvalue weighted by molar-refractivity contribution is 0.309. The molecule has 2 aromatic heterocycles. The number of nitrogens with zero attached hydrogens (tertiary/aromatic N) is 5. The van der Waals surface area contributed by atoms with Crippen LogP contribution in [-0.2, 0) is 0 Å². The molecule has 2 aromatic rings. The molecule has 0 amide bonds. The first-order valence-electron chi connectivity index (χ1n) is 5.80. The third-order valence-electron chi connectivity index (χ3n) is 3.10. The Bertz CT molecular complexity index is 526. The van der Waals surface area contributed by atoms with Gasteiger partial charge < -0.3 is 20.1 Å². The smallest absolute Gasteiger partial charge is 0.266 e. The van der Waals surface area contributed by atoms with Crippen LogP contribution in [0.15, 0.2) is 10.7 Å². The second kappa shape index (κ2) is 4.30. The molecule has 96 valence electrons. The summed E-state index contributed by atoms with van der Waals surface area (Å²) in [6.07, 6.45) is 1.58. The molecule has 0 radical (unpaired) electrons. The minimum Gasteiger partial charge on any atom is -0.383 e. The summed E-state index contributed by atoms with van der Waals surface area (Å²) in [7, 11) is 2.10. The predicted octanol–water partition coefficient (Wildman–Crippen LogP) is -0.206. The van der Waals surface area contributed by atoms with Gasteiger partial charge in [0.1, 0.15) is 11.4 Å². The van der Waals surface area contributed by atoms with Crippen LogP contribution < -0.4 is 10.6 Å². The number of nitrogens with one attached hydrogen (secondary N) is 1. The van der Waals surface area contributed by atoms with E-state index in [1.165, 1.54) is 0 Å². The van der Waals surface area contributed by atoms with Crippen LogP contribution in [0.5, 0.6) is 0 Å². The highest BCUT2D eigenvalue weighted by atomic mass is 16.5. The molecular weight excluding hydrogens is 234 g/mol. The number of hydrogen-bond acceptors (Lipinski definition) is 7. The predicted molar refractivity (Wildman–Crippen MR) is 66.0 cm³/mol. The third-order valence-corrected chi connectivity index (χ3v) is 3.10. The molecule has 0 atom stereocenters. The van der Waals surface area contributed by atoms with Crippen molar-refractivity contribution in [3.63, 3.8) is 0 Å². The molecule has 0 bridgehead atoms. The standard InChI is InChI=1S/C10H15N7O/c1-16-2-4-17(5-3-16)10-13-9(18-15-10)7-6-12-14-8(7)11/h6H,2-5H2,1H3,(H3,11,12,14). The Balaban J connectivity index is 1.80. The van der Waals surface area contributed by atoms with E-state index in [2.05, 4.69) is 37.2 Å². The van der Waals surface area contributed by atoms with Gasteiger partial charge in [0.05, 0.1) is 6.20 Å². The number of hydrogen-bond donors (Lipinski definition) is 2. The number of rotatable bonds is 2. The van der Waals surface area contributed by atoms with E-state index in [9.17, 15) is 0 Å². The number of piperazine rings is 1. The summed E-state index contributed by atoms with van der Waals surface area (Å²) >= 11 is 0. The fourth-order valence-corrected chi connectivity index (χ4v) is 1.93. The molecule has 1 aliphatic heterocycles. The van der Waals surface area contributed by atoms with Crippen LogP contribution in [0.25, 0.3) is 11.5 Å². The van der Waals surface area contributed by atoms with Gasteiger partial charge in [-0.1, -0.05) is 0 Å². The van der Waals surface area contributed by atoms with Crippen LogP contribution in [0.1, 0.15) is 0 Å². The molecule has 1 aliphatic rings. The molecular formula is C10H15N7O. The molecule has 8 heteroatoms. The van der Waals surface area contributed by atoms with E-state index in [0.29, 0.717) is 23.2 Å². The van der Waals surface area contributed by atoms with Crippen molar-refractivity contribution in [2.24, 2.45) is 0 Å². The van der Waals surface area contributed by atoms with Gasteiger partial charge in [0.2, 0.25) is 0 Å². The van der Waals surface area contributed by atoms with E-state index in [1.807, 2.05) is 0 Å². The van der Waals surface area contributed by atoms with E-state index in [1.54, 1.807) is 6.20 Å². The molecule has 1 saturated heterocycles. The van der Waals surface area contributed by atoms with E-state index in [0.717, 1.165) is 26.2 Å². The highest BCUT2D eigenvalue weighted by molar-refractivity contribution is 5.66. The zero-order valence-electron chi connectivity index (χ0n) is 10.1. The largest absolute Gasteiger partial charge is 0.383 e. The van der Waals surface area contributed by atoms with Gasteiger partial charge in [-0.3, -0.25) is 5.10 Å². The highest BCUT2D eigenvalue weighted by Gasteiger charge is 2.20. The van der Waals surface area contributed by atoms with Gasteiger partial charge in [-0.2, -0.15) is 10.1 Å². The maximum atomic E-state index is 5.71. The molecule has 0 saturated carbocycles. The molecule has 18 heavy (non-hydrogen) atoms. The van der Waals surface area contributed by atoms with Crippen LogP contribution >= 0.6 is 0 Å². The first kappa shape index (κ1) is 11.0. The van der Waals surface area contributed by atoms with Crippen LogP contribution in [0.3, 0.4) is 0 Å². The fraction of sp³-hybridized carbons (Fsp3) is 0.500. The Hall–Kier alpha value is -2.09. The molecule has 0 aliphatic carbocycles. The molecule has 8 nitrogen and oxygen atoms in total. The van der Waals surface area contributed by atoms with Crippen molar-refractivity contribution in [3.05, 3.63) is 6.20 Å². The average Bonchev–Trinajstić information content (AvgIpc) is 2.98.